The monoisotopic (exact) mass is 236 g/mol. The van der Waals surface area contributed by atoms with Crippen LogP contribution in [0.15, 0.2) is 11.6 Å². The van der Waals surface area contributed by atoms with Crippen LogP contribution in [0, 0.1) is 0 Å². The van der Waals surface area contributed by atoms with Crippen LogP contribution in [-0.4, -0.2) is 47.4 Å². The molecule has 0 radical (unpaired) electrons. The molecular formula is C14H24N2O. The summed E-state index contributed by atoms with van der Waals surface area (Å²) >= 11 is 0. The average Bonchev–Trinajstić information content (AvgIpc) is 2.57. The second-order valence-corrected chi connectivity index (χ2v) is 5.54. The molecule has 17 heavy (non-hydrogen) atoms. The number of piperazine rings is 1. The first kappa shape index (κ1) is 12.6. The summed E-state index contributed by atoms with van der Waals surface area (Å²) in [7, 11) is 0. The summed E-state index contributed by atoms with van der Waals surface area (Å²) in [5.41, 5.74) is 1.38. The van der Waals surface area contributed by atoms with Gasteiger partial charge in [-0.3, -0.25) is 9.69 Å². The normalized spacial score (nSPS) is 28.3. The largest absolute Gasteiger partial charge is 0.334 e. The van der Waals surface area contributed by atoms with E-state index in [0.717, 1.165) is 19.6 Å². The Morgan fingerprint density at radius 2 is 1.82 bits per heavy atom. The van der Waals surface area contributed by atoms with Gasteiger partial charge in [0.05, 0.1) is 0 Å². The Morgan fingerprint density at radius 3 is 2.29 bits per heavy atom. The van der Waals surface area contributed by atoms with Crippen LogP contribution in [0.4, 0.5) is 0 Å². The number of carbonyl (C=O) groups excluding carboxylic acids is 1. The minimum absolute atomic E-state index is 0.347. The lowest BCUT2D eigenvalue weighted by Crippen LogP contribution is -2.55. The van der Waals surface area contributed by atoms with Crippen molar-refractivity contribution in [3.8, 4) is 0 Å². The molecule has 1 amide bonds. The molecule has 0 aliphatic carbocycles. The van der Waals surface area contributed by atoms with Crippen LogP contribution in [0.1, 0.15) is 40.0 Å². The quantitative estimate of drug-likeness (QED) is 0.700. The second kappa shape index (κ2) is 5.21. The number of fused-ring (bicyclic) bond motifs is 2. The van der Waals surface area contributed by atoms with Crippen molar-refractivity contribution in [2.75, 3.05) is 19.6 Å². The third-order valence-electron chi connectivity index (χ3n) is 3.91. The van der Waals surface area contributed by atoms with E-state index in [1.165, 1.54) is 18.4 Å². The van der Waals surface area contributed by atoms with E-state index in [9.17, 15) is 4.79 Å². The number of allylic oxidation sites excluding steroid dienone is 1. The zero-order valence-corrected chi connectivity index (χ0v) is 11.3. The number of hydrogen-bond acceptors (Lipinski definition) is 2. The van der Waals surface area contributed by atoms with Crippen molar-refractivity contribution in [2.45, 2.75) is 52.1 Å². The molecule has 2 saturated heterocycles. The topological polar surface area (TPSA) is 23.6 Å². The number of likely N-dealkylation sites (tertiary alicyclic amines) is 1. The fourth-order valence-corrected chi connectivity index (χ4v) is 3.04. The molecule has 3 nitrogen and oxygen atoms in total. The van der Waals surface area contributed by atoms with Gasteiger partial charge in [0.15, 0.2) is 0 Å². The molecule has 0 saturated carbocycles. The summed E-state index contributed by atoms with van der Waals surface area (Å²) < 4.78 is 0. The highest BCUT2D eigenvalue weighted by Gasteiger charge is 2.41. The Morgan fingerprint density at radius 1 is 1.24 bits per heavy atom. The molecule has 0 N–H and O–H groups in total. The van der Waals surface area contributed by atoms with Gasteiger partial charge in [-0.2, -0.15) is 0 Å². The van der Waals surface area contributed by atoms with E-state index in [1.54, 1.807) is 0 Å². The van der Waals surface area contributed by atoms with E-state index < -0.39 is 0 Å². The Bertz CT molecular complexity index is 306. The molecule has 0 spiro atoms. The molecule has 2 bridgehead atoms. The molecule has 0 aromatic heterocycles. The highest BCUT2D eigenvalue weighted by atomic mass is 16.2. The van der Waals surface area contributed by atoms with Crippen molar-refractivity contribution in [3.63, 3.8) is 0 Å². The van der Waals surface area contributed by atoms with E-state index >= 15 is 0 Å². The third-order valence-corrected chi connectivity index (χ3v) is 3.91. The summed E-state index contributed by atoms with van der Waals surface area (Å²) in [5.74, 6) is 0.347. The lowest BCUT2D eigenvalue weighted by Gasteiger charge is -2.40. The summed E-state index contributed by atoms with van der Waals surface area (Å²) in [5, 5.41) is 0. The van der Waals surface area contributed by atoms with Crippen molar-refractivity contribution >= 4 is 5.91 Å². The first-order valence-corrected chi connectivity index (χ1v) is 6.78. The lowest BCUT2D eigenvalue weighted by molar-refractivity contribution is -0.136. The van der Waals surface area contributed by atoms with Gasteiger partial charge in [0, 0.05) is 38.1 Å². The molecular weight excluding hydrogens is 212 g/mol. The number of rotatable bonds is 3. The Hall–Kier alpha value is -0.830. The molecule has 2 rings (SSSR count). The molecule has 0 aromatic carbocycles. The van der Waals surface area contributed by atoms with Crippen molar-refractivity contribution in [2.24, 2.45) is 0 Å². The van der Waals surface area contributed by atoms with E-state index in [-0.39, 0.29) is 0 Å². The maximum atomic E-state index is 11.9. The first-order valence-electron chi connectivity index (χ1n) is 6.78. The Balaban J connectivity index is 1.97. The SMILES string of the molecule is CCC(=O)N1C2CCC1CN(CC=C(C)C)C2. The molecule has 96 valence electrons. The van der Waals surface area contributed by atoms with Crippen LogP contribution in [0.3, 0.4) is 0 Å². The lowest BCUT2D eigenvalue weighted by atomic mass is 10.1. The molecule has 3 heteroatoms. The average molecular weight is 236 g/mol. The van der Waals surface area contributed by atoms with Gasteiger partial charge in [0.1, 0.15) is 0 Å². The summed E-state index contributed by atoms with van der Waals surface area (Å²) in [4.78, 5) is 16.6. The van der Waals surface area contributed by atoms with Crippen molar-refractivity contribution < 1.29 is 4.79 Å². The molecule has 0 aromatic rings. The number of carbonyl (C=O) groups is 1. The van der Waals surface area contributed by atoms with Gasteiger partial charge in [-0.15, -0.1) is 0 Å². The smallest absolute Gasteiger partial charge is 0.222 e. The summed E-state index contributed by atoms with van der Waals surface area (Å²) in [6.07, 6.45) is 5.33. The fraction of sp³-hybridized carbons (Fsp3) is 0.786. The highest BCUT2D eigenvalue weighted by Crippen LogP contribution is 2.30. The fourth-order valence-electron chi connectivity index (χ4n) is 3.04. The summed E-state index contributed by atoms with van der Waals surface area (Å²) in [6, 6.07) is 0.957. The van der Waals surface area contributed by atoms with Gasteiger partial charge in [0.25, 0.3) is 0 Å². The van der Waals surface area contributed by atoms with Crippen LogP contribution in [-0.2, 0) is 4.79 Å². The van der Waals surface area contributed by atoms with E-state index in [1.807, 2.05) is 6.92 Å². The highest BCUT2D eigenvalue weighted by molar-refractivity contribution is 5.77. The molecule has 2 atom stereocenters. The van der Waals surface area contributed by atoms with Crippen molar-refractivity contribution in [1.29, 1.82) is 0 Å². The minimum atomic E-state index is 0.347. The van der Waals surface area contributed by atoms with Gasteiger partial charge in [-0.25, -0.2) is 0 Å². The van der Waals surface area contributed by atoms with E-state index in [4.69, 9.17) is 0 Å². The molecule has 2 aliphatic heterocycles. The maximum absolute atomic E-state index is 11.9. The zero-order valence-electron chi connectivity index (χ0n) is 11.3. The van der Waals surface area contributed by atoms with Crippen LogP contribution in [0.25, 0.3) is 0 Å². The first-order chi connectivity index (χ1) is 8.11. The van der Waals surface area contributed by atoms with Crippen LogP contribution in [0.2, 0.25) is 0 Å². The number of hydrogen-bond donors (Lipinski definition) is 0. The Labute approximate surface area is 104 Å². The van der Waals surface area contributed by atoms with E-state index in [0.29, 0.717) is 24.4 Å². The van der Waals surface area contributed by atoms with Crippen LogP contribution < -0.4 is 0 Å². The van der Waals surface area contributed by atoms with Crippen molar-refractivity contribution in [3.05, 3.63) is 11.6 Å². The second-order valence-electron chi connectivity index (χ2n) is 5.54. The van der Waals surface area contributed by atoms with Crippen LogP contribution >= 0.6 is 0 Å². The predicted octanol–water partition coefficient (Wildman–Crippen LogP) is 2.04. The van der Waals surface area contributed by atoms with E-state index in [2.05, 4.69) is 29.7 Å². The van der Waals surface area contributed by atoms with Crippen LogP contribution in [0.5, 0.6) is 0 Å². The number of amides is 1. The molecule has 2 fully saturated rings. The maximum Gasteiger partial charge on any atom is 0.222 e. The molecule has 2 aliphatic rings. The van der Waals surface area contributed by atoms with Gasteiger partial charge < -0.3 is 4.90 Å². The van der Waals surface area contributed by atoms with Gasteiger partial charge >= 0.3 is 0 Å². The van der Waals surface area contributed by atoms with Gasteiger partial charge in [0.2, 0.25) is 5.91 Å². The Kier molecular flexibility index (Phi) is 3.87. The standard InChI is InChI=1S/C14H24N2O/c1-4-14(17)16-12-5-6-13(16)10-15(9-12)8-7-11(2)3/h7,12-13H,4-6,8-10H2,1-3H3. The van der Waals surface area contributed by atoms with Gasteiger partial charge in [-0.05, 0) is 26.7 Å². The van der Waals surface area contributed by atoms with Gasteiger partial charge in [-0.1, -0.05) is 18.6 Å². The summed E-state index contributed by atoms with van der Waals surface area (Å²) in [6.45, 7) is 9.43. The molecule has 2 heterocycles. The zero-order chi connectivity index (χ0) is 12.4. The molecule has 2 unspecified atom stereocenters. The predicted molar refractivity (Wildman–Crippen MR) is 69.8 cm³/mol. The minimum Gasteiger partial charge on any atom is -0.334 e. The van der Waals surface area contributed by atoms with Crippen molar-refractivity contribution in [1.82, 2.24) is 9.80 Å². The number of nitrogens with zero attached hydrogens (tertiary/aromatic N) is 2. The third kappa shape index (κ3) is 2.71.